The fourth-order valence-corrected chi connectivity index (χ4v) is 3.95. The number of benzene rings is 2. The highest BCUT2D eigenvalue weighted by Gasteiger charge is 2.52. The fourth-order valence-electron chi connectivity index (χ4n) is 3.95. The Balaban J connectivity index is 1.58. The number of methoxy groups -OCH3 is 1. The molecule has 2 aromatic carbocycles. The number of hydrogen-bond donors (Lipinski definition) is 1. The van der Waals surface area contributed by atoms with E-state index in [0.29, 0.717) is 37.4 Å². The summed E-state index contributed by atoms with van der Waals surface area (Å²) in [6, 6.07) is 12.7. The maximum Gasteiger partial charge on any atom is 0.253 e. The van der Waals surface area contributed by atoms with E-state index in [2.05, 4.69) is 5.32 Å². The van der Waals surface area contributed by atoms with Gasteiger partial charge in [-0.1, -0.05) is 0 Å². The smallest absolute Gasteiger partial charge is 0.253 e. The second-order valence-electron chi connectivity index (χ2n) is 6.88. The van der Waals surface area contributed by atoms with Crippen LogP contribution < -0.4 is 14.8 Å². The lowest BCUT2D eigenvalue weighted by Gasteiger charge is -2.23. The molecule has 1 N–H and O–H groups in total. The van der Waals surface area contributed by atoms with E-state index in [0.717, 1.165) is 17.0 Å². The molecule has 1 fully saturated rings. The van der Waals surface area contributed by atoms with E-state index >= 15 is 0 Å². The number of ether oxygens (including phenoxy) is 2. The summed E-state index contributed by atoms with van der Waals surface area (Å²) in [6.07, 6.45) is 0.599. The van der Waals surface area contributed by atoms with Gasteiger partial charge in [0.15, 0.2) is 0 Å². The van der Waals surface area contributed by atoms with Crippen molar-refractivity contribution in [1.29, 1.82) is 0 Å². The zero-order valence-electron chi connectivity index (χ0n) is 15.5. The van der Waals surface area contributed by atoms with Crippen LogP contribution in [-0.2, 0) is 10.2 Å². The third kappa shape index (κ3) is 2.81. The number of nitrogens with one attached hydrogen (secondary N) is 1. The van der Waals surface area contributed by atoms with Crippen molar-refractivity contribution in [1.82, 2.24) is 4.90 Å². The largest absolute Gasteiger partial charge is 0.497 e. The van der Waals surface area contributed by atoms with E-state index in [1.54, 1.807) is 36.3 Å². The second kappa shape index (κ2) is 6.61. The number of carbonyl (C=O) groups excluding carboxylic acids is 2. The Kier molecular flexibility index (Phi) is 4.26. The molecule has 2 heterocycles. The van der Waals surface area contributed by atoms with Gasteiger partial charge in [-0.3, -0.25) is 9.59 Å². The first kappa shape index (κ1) is 17.4. The highest BCUT2D eigenvalue weighted by atomic mass is 16.5. The minimum Gasteiger partial charge on any atom is -0.497 e. The molecule has 0 aliphatic carbocycles. The van der Waals surface area contributed by atoms with Crippen LogP contribution in [0.5, 0.6) is 11.5 Å². The maximum atomic E-state index is 12.9. The molecule has 4 rings (SSSR count). The minimum atomic E-state index is -0.704. The van der Waals surface area contributed by atoms with Crippen LogP contribution in [0.4, 0.5) is 5.69 Å². The Labute approximate surface area is 158 Å². The molecule has 0 aromatic heterocycles. The fraction of sp³-hybridized carbons (Fsp3) is 0.333. The molecule has 2 aromatic rings. The van der Waals surface area contributed by atoms with Gasteiger partial charge in [0.1, 0.15) is 11.5 Å². The van der Waals surface area contributed by atoms with Crippen molar-refractivity contribution in [3.63, 3.8) is 0 Å². The van der Waals surface area contributed by atoms with Gasteiger partial charge in [0.2, 0.25) is 5.91 Å². The summed E-state index contributed by atoms with van der Waals surface area (Å²) in [5.74, 6) is 1.33. The Morgan fingerprint density at radius 2 is 1.93 bits per heavy atom. The molecule has 2 aliphatic heterocycles. The van der Waals surface area contributed by atoms with Crippen LogP contribution in [0.3, 0.4) is 0 Å². The lowest BCUT2D eigenvalue weighted by atomic mass is 9.81. The predicted molar refractivity (Wildman–Crippen MR) is 101 cm³/mol. The molecule has 2 aliphatic rings. The highest BCUT2D eigenvalue weighted by Crippen LogP contribution is 2.45. The summed E-state index contributed by atoms with van der Waals surface area (Å²) in [6.45, 7) is 3.41. The van der Waals surface area contributed by atoms with Gasteiger partial charge < -0.3 is 19.7 Å². The number of hydrogen-bond acceptors (Lipinski definition) is 4. The van der Waals surface area contributed by atoms with E-state index in [1.807, 2.05) is 25.1 Å². The van der Waals surface area contributed by atoms with Gasteiger partial charge in [0.25, 0.3) is 5.91 Å². The first-order valence-corrected chi connectivity index (χ1v) is 9.09. The normalized spacial score (nSPS) is 20.5. The standard InChI is InChI=1S/C21H22N2O4/c1-3-27-15-6-4-14(5-7-15)19(24)23-11-10-21(13-23)17-12-16(26-2)8-9-18(17)22-20(21)25/h4-9,12H,3,10-11,13H2,1-2H3,(H,22,25)/t21-/m0/s1. The third-order valence-corrected chi connectivity index (χ3v) is 5.39. The molecule has 27 heavy (non-hydrogen) atoms. The summed E-state index contributed by atoms with van der Waals surface area (Å²) in [5, 5.41) is 2.95. The summed E-state index contributed by atoms with van der Waals surface area (Å²) >= 11 is 0. The van der Waals surface area contributed by atoms with Crippen LogP contribution in [0.25, 0.3) is 0 Å². The Bertz CT molecular complexity index is 894. The Morgan fingerprint density at radius 3 is 2.63 bits per heavy atom. The first-order valence-electron chi connectivity index (χ1n) is 9.09. The van der Waals surface area contributed by atoms with Crippen molar-refractivity contribution >= 4 is 17.5 Å². The SMILES string of the molecule is CCOc1ccc(C(=O)N2CC[C@@]3(C2)C(=O)Nc2ccc(OC)cc23)cc1. The Morgan fingerprint density at radius 1 is 1.19 bits per heavy atom. The highest BCUT2D eigenvalue weighted by molar-refractivity contribution is 6.07. The molecule has 1 saturated heterocycles. The number of anilines is 1. The summed E-state index contributed by atoms with van der Waals surface area (Å²) in [4.78, 5) is 27.5. The lowest BCUT2D eigenvalue weighted by molar-refractivity contribution is -0.120. The number of nitrogens with zero attached hydrogens (tertiary/aromatic N) is 1. The summed E-state index contributed by atoms with van der Waals surface area (Å²) < 4.78 is 10.7. The van der Waals surface area contributed by atoms with Gasteiger partial charge in [-0.05, 0) is 61.4 Å². The molecule has 0 bridgehead atoms. The van der Waals surface area contributed by atoms with Crippen LogP contribution in [0.15, 0.2) is 42.5 Å². The van der Waals surface area contributed by atoms with Crippen molar-refractivity contribution in [3.8, 4) is 11.5 Å². The number of carbonyl (C=O) groups is 2. The van der Waals surface area contributed by atoms with Gasteiger partial charge in [-0.25, -0.2) is 0 Å². The molecule has 0 saturated carbocycles. The molecule has 6 heteroatoms. The lowest BCUT2D eigenvalue weighted by Crippen LogP contribution is -2.39. The van der Waals surface area contributed by atoms with Crippen molar-refractivity contribution < 1.29 is 19.1 Å². The topological polar surface area (TPSA) is 67.9 Å². The molecule has 6 nitrogen and oxygen atoms in total. The number of likely N-dealkylation sites (tertiary alicyclic amines) is 1. The summed E-state index contributed by atoms with van der Waals surface area (Å²) in [5.41, 5.74) is 1.61. The van der Waals surface area contributed by atoms with Gasteiger partial charge in [0, 0.05) is 24.3 Å². The van der Waals surface area contributed by atoms with Crippen LogP contribution in [0.1, 0.15) is 29.3 Å². The number of amides is 2. The average molecular weight is 366 g/mol. The maximum absolute atomic E-state index is 12.9. The molecular weight excluding hydrogens is 344 g/mol. The minimum absolute atomic E-state index is 0.0484. The van der Waals surface area contributed by atoms with E-state index < -0.39 is 5.41 Å². The van der Waals surface area contributed by atoms with E-state index in [9.17, 15) is 9.59 Å². The van der Waals surface area contributed by atoms with E-state index in [1.165, 1.54) is 0 Å². The molecule has 140 valence electrons. The average Bonchev–Trinajstić information content (AvgIpc) is 3.25. The van der Waals surface area contributed by atoms with Crippen LogP contribution in [0.2, 0.25) is 0 Å². The number of fused-ring (bicyclic) bond motifs is 2. The van der Waals surface area contributed by atoms with Crippen molar-refractivity contribution in [3.05, 3.63) is 53.6 Å². The first-order chi connectivity index (χ1) is 13.1. The van der Waals surface area contributed by atoms with Gasteiger partial charge in [-0.15, -0.1) is 0 Å². The van der Waals surface area contributed by atoms with Crippen LogP contribution in [-0.4, -0.2) is 43.5 Å². The molecule has 0 radical (unpaired) electrons. The van der Waals surface area contributed by atoms with Gasteiger partial charge >= 0.3 is 0 Å². The zero-order valence-corrected chi connectivity index (χ0v) is 15.5. The van der Waals surface area contributed by atoms with Crippen LogP contribution in [0, 0.1) is 0 Å². The van der Waals surface area contributed by atoms with E-state index in [4.69, 9.17) is 9.47 Å². The Hall–Kier alpha value is -3.02. The van der Waals surface area contributed by atoms with Gasteiger partial charge in [0.05, 0.1) is 19.1 Å². The van der Waals surface area contributed by atoms with Crippen LogP contribution >= 0.6 is 0 Å². The number of rotatable bonds is 4. The predicted octanol–water partition coefficient (Wildman–Crippen LogP) is 2.83. The molecule has 1 spiro atoms. The molecule has 0 unspecified atom stereocenters. The third-order valence-electron chi connectivity index (χ3n) is 5.39. The van der Waals surface area contributed by atoms with Crippen molar-refractivity contribution in [2.45, 2.75) is 18.8 Å². The quantitative estimate of drug-likeness (QED) is 0.904. The zero-order chi connectivity index (χ0) is 19.0. The van der Waals surface area contributed by atoms with E-state index in [-0.39, 0.29) is 11.8 Å². The molecule has 1 atom stereocenters. The second-order valence-corrected chi connectivity index (χ2v) is 6.88. The molecular formula is C21H22N2O4. The molecule has 2 amide bonds. The van der Waals surface area contributed by atoms with Crippen molar-refractivity contribution in [2.24, 2.45) is 0 Å². The monoisotopic (exact) mass is 366 g/mol. The van der Waals surface area contributed by atoms with Crippen molar-refractivity contribution in [2.75, 3.05) is 32.1 Å². The van der Waals surface area contributed by atoms with Gasteiger partial charge in [-0.2, -0.15) is 0 Å². The summed E-state index contributed by atoms with van der Waals surface area (Å²) in [7, 11) is 1.61.